The van der Waals surface area contributed by atoms with Crippen LogP contribution in [0.3, 0.4) is 0 Å². The number of hydrogen-bond acceptors (Lipinski definition) is 11. The molecule has 4 aromatic rings. The fourth-order valence-electron chi connectivity index (χ4n) is 5.80. The van der Waals surface area contributed by atoms with E-state index in [0.29, 0.717) is 58.3 Å². The van der Waals surface area contributed by atoms with E-state index >= 15 is 0 Å². The van der Waals surface area contributed by atoms with Gasteiger partial charge in [-0.05, 0) is 100 Å². The summed E-state index contributed by atoms with van der Waals surface area (Å²) in [6, 6.07) is 12.6. The molecule has 6 N–H and O–H groups in total. The number of fused-ring (bicyclic) bond motifs is 1. The molecule has 4 heterocycles. The second-order valence-electron chi connectivity index (χ2n) is 11.7. The summed E-state index contributed by atoms with van der Waals surface area (Å²) >= 11 is 2.81. The number of hydrogen-bond donors (Lipinski definition) is 4. The Hall–Kier alpha value is -4.64. The molecule has 0 bridgehead atoms. The van der Waals surface area contributed by atoms with E-state index in [9.17, 15) is 14.3 Å². The number of likely N-dealkylation sites (tertiary alicyclic amines) is 1. The van der Waals surface area contributed by atoms with Gasteiger partial charge in [0.05, 0.1) is 23.4 Å². The molecule has 2 aliphatic rings. The molecule has 0 radical (unpaired) electrons. The summed E-state index contributed by atoms with van der Waals surface area (Å²) < 4.78 is 21.5. The van der Waals surface area contributed by atoms with Crippen molar-refractivity contribution in [2.45, 2.75) is 45.4 Å². The lowest BCUT2D eigenvalue weighted by molar-refractivity contribution is 0.0690. The number of nitrogens with two attached hydrogens (primary N) is 2. The van der Waals surface area contributed by atoms with Crippen LogP contribution in [-0.4, -0.2) is 58.7 Å². The lowest BCUT2D eigenvalue weighted by atomic mass is 9.99. The molecular formula is C35H38FN7O3S2. The predicted molar refractivity (Wildman–Crippen MR) is 190 cm³/mol. The first-order valence-electron chi connectivity index (χ1n) is 16.0. The fourth-order valence-corrected chi connectivity index (χ4v) is 7.81. The maximum Gasteiger partial charge on any atom is 0.355 e. The van der Waals surface area contributed by atoms with Crippen LogP contribution < -0.4 is 26.4 Å². The van der Waals surface area contributed by atoms with Crippen LogP contribution in [0.1, 0.15) is 60.0 Å². The number of nitrogens with zero attached hydrogens (tertiary/aromatic N) is 4. The molecule has 13 heteroatoms. The Morgan fingerprint density at radius 2 is 1.94 bits per heavy atom. The van der Waals surface area contributed by atoms with Crippen LogP contribution in [0.2, 0.25) is 0 Å². The van der Waals surface area contributed by atoms with E-state index in [0.717, 1.165) is 47.3 Å². The molecule has 0 amide bonds. The third-order valence-electron chi connectivity index (χ3n) is 8.39. The monoisotopic (exact) mass is 687 g/mol. The second-order valence-corrected chi connectivity index (χ2v) is 13.8. The van der Waals surface area contributed by atoms with Crippen molar-refractivity contribution in [1.29, 1.82) is 0 Å². The summed E-state index contributed by atoms with van der Waals surface area (Å²) in [5.74, 6) is 5.65. The lowest BCUT2D eigenvalue weighted by Gasteiger charge is -2.30. The molecule has 0 saturated carbocycles. The summed E-state index contributed by atoms with van der Waals surface area (Å²) in [4.78, 5) is 26.0. The third kappa shape index (κ3) is 7.73. The van der Waals surface area contributed by atoms with Crippen molar-refractivity contribution in [3.8, 4) is 17.6 Å². The molecule has 0 aliphatic carbocycles. The molecule has 2 aromatic heterocycles. The van der Waals surface area contributed by atoms with Crippen LogP contribution in [0, 0.1) is 17.7 Å². The number of thiazole rings is 2. The third-order valence-corrected chi connectivity index (χ3v) is 10.5. The normalized spacial score (nSPS) is 15.8. The Morgan fingerprint density at radius 3 is 2.71 bits per heavy atom. The van der Waals surface area contributed by atoms with Crippen molar-refractivity contribution >= 4 is 49.1 Å². The van der Waals surface area contributed by atoms with Crippen molar-refractivity contribution in [3.05, 3.63) is 87.2 Å². The van der Waals surface area contributed by atoms with Crippen LogP contribution in [0.15, 0.2) is 65.3 Å². The highest BCUT2D eigenvalue weighted by Gasteiger charge is 2.27. The van der Waals surface area contributed by atoms with Crippen molar-refractivity contribution in [1.82, 2.24) is 14.9 Å². The van der Waals surface area contributed by atoms with E-state index in [1.54, 1.807) is 12.1 Å². The molecule has 48 heavy (non-hydrogen) atoms. The highest BCUT2D eigenvalue weighted by atomic mass is 32.1. The van der Waals surface area contributed by atoms with Crippen molar-refractivity contribution in [3.63, 3.8) is 0 Å². The average molecular weight is 688 g/mol. The van der Waals surface area contributed by atoms with Crippen LogP contribution in [-0.2, 0) is 6.42 Å². The Balaban J connectivity index is 1.09. The summed E-state index contributed by atoms with van der Waals surface area (Å²) in [7, 11) is 0. The van der Waals surface area contributed by atoms with Crippen LogP contribution in [0.5, 0.6) is 5.75 Å². The topological polar surface area (TPSA) is 143 Å². The van der Waals surface area contributed by atoms with E-state index in [2.05, 4.69) is 32.0 Å². The standard InChI is InChI=1S/C35H38FN7O3S2/c1-22(31(37)41-34-39-26-11-2-3-12-28(26)47-34)24-10-7-19-43(32(24)38)35-40-30(33(44)45)29(48-35)13-8-20-46-27-15-14-23(21-25(27)36)9-6-18-42-16-4-5-17-42/h2-3,11-12,14-15,21H,4-5,7-8,10,13,16-20,37-38H2,1H3,(H,39,41)(H,44,45)/b31-22+. The molecule has 10 nitrogen and oxygen atoms in total. The number of halogens is 1. The SMILES string of the molecule is C/C(C1=C(N)N(c2nc(C(=O)O)c(CCCOc3ccc(C#CCN4CCCC4)cc3F)s2)CCC1)=C(/N)Nc1nc2ccccc2s1. The smallest absolute Gasteiger partial charge is 0.355 e. The van der Waals surface area contributed by atoms with Crippen molar-refractivity contribution < 1.29 is 19.0 Å². The van der Waals surface area contributed by atoms with E-state index in [-0.39, 0.29) is 18.1 Å². The van der Waals surface area contributed by atoms with Gasteiger partial charge in [0.15, 0.2) is 27.5 Å². The highest BCUT2D eigenvalue weighted by molar-refractivity contribution is 7.22. The minimum atomic E-state index is -1.11. The lowest BCUT2D eigenvalue weighted by Crippen LogP contribution is -2.34. The minimum absolute atomic E-state index is 0.0118. The number of para-hydroxylation sites is 1. The molecule has 2 aromatic carbocycles. The molecule has 1 fully saturated rings. The number of anilines is 2. The summed E-state index contributed by atoms with van der Waals surface area (Å²) in [5, 5.41) is 14.3. The Morgan fingerprint density at radius 1 is 1.12 bits per heavy atom. The minimum Gasteiger partial charge on any atom is -0.491 e. The Bertz CT molecular complexity index is 1900. The number of carboxylic acids is 1. The number of rotatable bonds is 11. The molecule has 250 valence electrons. The van der Waals surface area contributed by atoms with Gasteiger partial charge in [0, 0.05) is 17.0 Å². The molecule has 0 atom stereocenters. The van der Waals surface area contributed by atoms with Gasteiger partial charge in [-0.1, -0.05) is 35.3 Å². The number of nitrogens with one attached hydrogen (secondary N) is 1. The second kappa shape index (κ2) is 15.1. The first-order valence-corrected chi connectivity index (χ1v) is 17.6. The van der Waals surface area contributed by atoms with Crippen LogP contribution >= 0.6 is 22.7 Å². The van der Waals surface area contributed by atoms with Gasteiger partial charge in [-0.3, -0.25) is 4.90 Å². The zero-order valence-electron chi connectivity index (χ0n) is 26.7. The van der Waals surface area contributed by atoms with Gasteiger partial charge in [-0.2, -0.15) is 0 Å². The van der Waals surface area contributed by atoms with E-state index in [1.807, 2.05) is 36.1 Å². The van der Waals surface area contributed by atoms with Gasteiger partial charge in [0.25, 0.3) is 0 Å². The molecule has 1 saturated heterocycles. The van der Waals surface area contributed by atoms with Crippen LogP contribution in [0.4, 0.5) is 14.7 Å². The van der Waals surface area contributed by atoms with E-state index < -0.39 is 11.8 Å². The van der Waals surface area contributed by atoms with E-state index in [1.165, 1.54) is 41.6 Å². The zero-order valence-corrected chi connectivity index (χ0v) is 28.4. The first-order chi connectivity index (χ1) is 23.3. The highest BCUT2D eigenvalue weighted by Crippen LogP contribution is 2.35. The predicted octanol–water partition coefficient (Wildman–Crippen LogP) is 6.12. The van der Waals surface area contributed by atoms with Gasteiger partial charge in [-0.15, -0.1) is 11.3 Å². The van der Waals surface area contributed by atoms with E-state index in [4.69, 9.17) is 16.2 Å². The maximum atomic E-state index is 14.7. The van der Waals surface area contributed by atoms with Crippen molar-refractivity contribution in [2.24, 2.45) is 11.5 Å². The van der Waals surface area contributed by atoms with Gasteiger partial charge >= 0.3 is 5.97 Å². The number of carboxylic acid groups (broad SMARTS) is 1. The van der Waals surface area contributed by atoms with Gasteiger partial charge in [0.1, 0.15) is 11.6 Å². The molecular weight excluding hydrogens is 650 g/mol. The van der Waals surface area contributed by atoms with Gasteiger partial charge in [0.2, 0.25) is 0 Å². The maximum absolute atomic E-state index is 14.7. The Kier molecular flexibility index (Phi) is 10.4. The average Bonchev–Trinajstić information content (AvgIpc) is 3.84. The summed E-state index contributed by atoms with van der Waals surface area (Å²) in [6.45, 7) is 5.54. The summed E-state index contributed by atoms with van der Waals surface area (Å²) in [6.07, 6.45) is 4.80. The van der Waals surface area contributed by atoms with Crippen LogP contribution in [0.25, 0.3) is 10.2 Å². The number of ether oxygens (including phenoxy) is 1. The van der Waals surface area contributed by atoms with Crippen molar-refractivity contribution in [2.75, 3.05) is 43.0 Å². The summed E-state index contributed by atoms with van der Waals surface area (Å²) in [5.41, 5.74) is 16.3. The number of benzene rings is 2. The quantitative estimate of drug-likeness (QED) is 0.108. The number of allylic oxidation sites excluding steroid dienone is 2. The molecule has 6 rings (SSSR count). The number of aromatic carboxylic acids is 1. The largest absolute Gasteiger partial charge is 0.491 e. The Labute approximate surface area is 286 Å². The number of aromatic nitrogens is 2. The van der Waals surface area contributed by atoms with Gasteiger partial charge < -0.3 is 31.5 Å². The number of carbonyl (C=O) groups is 1. The molecule has 0 unspecified atom stereocenters. The first kappa shape index (κ1) is 33.3. The number of aryl methyl sites for hydroxylation is 1. The zero-order chi connectivity index (χ0) is 33.6. The molecule has 2 aliphatic heterocycles. The molecule has 0 spiro atoms. The van der Waals surface area contributed by atoms with Gasteiger partial charge in [-0.25, -0.2) is 19.2 Å². The fraction of sp³-hybridized carbons (Fsp3) is 0.343.